The molecule has 0 aliphatic carbocycles. The van der Waals surface area contributed by atoms with Crippen LogP contribution in [0.25, 0.3) is 11.4 Å². The van der Waals surface area contributed by atoms with Crippen LogP contribution < -0.4 is 5.32 Å². The molecule has 3 aromatic rings. The molecule has 21 heavy (non-hydrogen) atoms. The van der Waals surface area contributed by atoms with Crippen molar-refractivity contribution < 1.29 is 4.52 Å². The van der Waals surface area contributed by atoms with Gasteiger partial charge >= 0.3 is 0 Å². The number of halogens is 1. The summed E-state index contributed by atoms with van der Waals surface area (Å²) in [5.74, 6) is 1.21. The molecular formula is C15H14ClN3OS. The first-order valence-electron chi connectivity index (χ1n) is 6.56. The SMILES string of the molecule is C[C@H](NCc1nc(-c2ccsc2)no1)c1ccc(Cl)cc1. The standard InChI is InChI=1S/C15H14ClN3OS/c1-10(11-2-4-13(16)5-3-11)17-8-14-18-15(19-20-14)12-6-7-21-9-12/h2-7,9-10,17H,8H2,1H3/t10-/m0/s1. The van der Waals surface area contributed by atoms with Crippen molar-refractivity contribution in [2.24, 2.45) is 0 Å². The van der Waals surface area contributed by atoms with E-state index in [0.29, 0.717) is 18.3 Å². The van der Waals surface area contributed by atoms with Crippen LogP contribution in [-0.4, -0.2) is 10.1 Å². The molecule has 108 valence electrons. The molecule has 0 aliphatic heterocycles. The van der Waals surface area contributed by atoms with Gasteiger partial charge in [0.25, 0.3) is 0 Å². The highest BCUT2D eigenvalue weighted by Crippen LogP contribution is 2.19. The maximum absolute atomic E-state index is 5.89. The van der Waals surface area contributed by atoms with Gasteiger partial charge in [0.2, 0.25) is 11.7 Å². The quantitative estimate of drug-likeness (QED) is 0.761. The van der Waals surface area contributed by atoms with Crippen LogP contribution in [0, 0.1) is 0 Å². The molecule has 2 aromatic heterocycles. The largest absolute Gasteiger partial charge is 0.338 e. The van der Waals surface area contributed by atoms with Gasteiger partial charge in [-0.3, -0.25) is 0 Å². The minimum Gasteiger partial charge on any atom is -0.338 e. The average molecular weight is 320 g/mol. The van der Waals surface area contributed by atoms with E-state index in [9.17, 15) is 0 Å². The third kappa shape index (κ3) is 3.50. The normalized spacial score (nSPS) is 12.5. The summed E-state index contributed by atoms with van der Waals surface area (Å²) in [6, 6.07) is 9.93. The second-order valence-corrected chi connectivity index (χ2v) is 5.89. The minimum atomic E-state index is 0.179. The first-order chi connectivity index (χ1) is 10.2. The summed E-state index contributed by atoms with van der Waals surface area (Å²) in [5.41, 5.74) is 2.15. The second kappa shape index (κ2) is 6.39. The average Bonchev–Trinajstić information content (AvgIpc) is 3.16. The molecular weight excluding hydrogens is 306 g/mol. The van der Waals surface area contributed by atoms with Crippen molar-refractivity contribution in [3.63, 3.8) is 0 Å². The number of nitrogens with one attached hydrogen (secondary N) is 1. The molecule has 0 spiro atoms. The summed E-state index contributed by atoms with van der Waals surface area (Å²) in [5, 5.41) is 12.1. The molecule has 0 radical (unpaired) electrons. The molecule has 6 heteroatoms. The number of hydrogen-bond donors (Lipinski definition) is 1. The Morgan fingerprint density at radius 2 is 2.10 bits per heavy atom. The first-order valence-corrected chi connectivity index (χ1v) is 7.88. The van der Waals surface area contributed by atoms with Gasteiger partial charge in [0, 0.05) is 22.0 Å². The monoisotopic (exact) mass is 319 g/mol. The van der Waals surface area contributed by atoms with Crippen LogP contribution in [-0.2, 0) is 6.54 Å². The van der Waals surface area contributed by atoms with E-state index in [-0.39, 0.29) is 6.04 Å². The topological polar surface area (TPSA) is 51.0 Å². The summed E-state index contributed by atoms with van der Waals surface area (Å²) in [6.45, 7) is 2.61. The molecule has 0 bridgehead atoms. The molecule has 0 unspecified atom stereocenters. The predicted octanol–water partition coefficient (Wildman–Crippen LogP) is 4.30. The Morgan fingerprint density at radius 1 is 1.29 bits per heavy atom. The van der Waals surface area contributed by atoms with E-state index >= 15 is 0 Å². The van der Waals surface area contributed by atoms with Crippen molar-refractivity contribution in [2.75, 3.05) is 0 Å². The number of rotatable bonds is 5. The summed E-state index contributed by atoms with van der Waals surface area (Å²) >= 11 is 7.50. The zero-order valence-electron chi connectivity index (χ0n) is 11.4. The van der Waals surface area contributed by atoms with Crippen LogP contribution >= 0.6 is 22.9 Å². The van der Waals surface area contributed by atoms with Crippen molar-refractivity contribution in [3.05, 3.63) is 57.6 Å². The maximum Gasteiger partial charge on any atom is 0.240 e. The highest BCUT2D eigenvalue weighted by molar-refractivity contribution is 7.08. The molecule has 0 aliphatic rings. The summed E-state index contributed by atoms with van der Waals surface area (Å²) in [6.07, 6.45) is 0. The lowest BCUT2D eigenvalue weighted by atomic mass is 10.1. The van der Waals surface area contributed by atoms with E-state index in [1.54, 1.807) is 11.3 Å². The molecule has 3 rings (SSSR count). The van der Waals surface area contributed by atoms with E-state index < -0.39 is 0 Å². The van der Waals surface area contributed by atoms with Crippen molar-refractivity contribution in [1.29, 1.82) is 0 Å². The molecule has 4 nitrogen and oxygen atoms in total. The van der Waals surface area contributed by atoms with Crippen molar-refractivity contribution in [2.45, 2.75) is 19.5 Å². The Balaban J connectivity index is 1.61. The van der Waals surface area contributed by atoms with Crippen molar-refractivity contribution in [1.82, 2.24) is 15.5 Å². The molecule has 2 heterocycles. The lowest BCUT2D eigenvalue weighted by Gasteiger charge is -2.12. The molecule has 1 atom stereocenters. The fraction of sp³-hybridized carbons (Fsp3) is 0.200. The molecule has 0 fully saturated rings. The molecule has 0 amide bonds. The number of aromatic nitrogens is 2. The Hall–Kier alpha value is -1.69. The van der Waals surface area contributed by atoms with Gasteiger partial charge in [-0.1, -0.05) is 28.9 Å². The van der Waals surface area contributed by atoms with Gasteiger partial charge in [-0.15, -0.1) is 0 Å². The predicted molar refractivity (Wildman–Crippen MR) is 84.3 cm³/mol. The van der Waals surface area contributed by atoms with Gasteiger partial charge in [0.05, 0.1) is 6.54 Å². The van der Waals surface area contributed by atoms with Gasteiger partial charge in [0.1, 0.15) is 0 Å². The lowest BCUT2D eigenvalue weighted by molar-refractivity contribution is 0.360. The van der Waals surface area contributed by atoms with E-state index in [4.69, 9.17) is 16.1 Å². The number of benzene rings is 1. The smallest absolute Gasteiger partial charge is 0.240 e. The summed E-state index contributed by atoms with van der Waals surface area (Å²) < 4.78 is 5.25. The van der Waals surface area contributed by atoms with Crippen LogP contribution in [0.1, 0.15) is 24.4 Å². The fourth-order valence-corrected chi connectivity index (χ4v) is 2.71. The Labute approximate surface area is 131 Å². The number of hydrogen-bond acceptors (Lipinski definition) is 5. The molecule has 0 saturated heterocycles. The van der Waals surface area contributed by atoms with E-state index in [2.05, 4.69) is 22.4 Å². The van der Waals surface area contributed by atoms with Crippen LogP contribution in [0.4, 0.5) is 0 Å². The van der Waals surface area contributed by atoms with Crippen molar-refractivity contribution >= 4 is 22.9 Å². The van der Waals surface area contributed by atoms with Crippen molar-refractivity contribution in [3.8, 4) is 11.4 Å². The van der Waals surface area contributed by atoms with Gasteiger partial charge in [-0.25, -0.2) is 0 Å². The summed E-state index contributed by atoms with van der Waals surface area (Å²) in [4.78, 5) is 4.38. The van der Waals surface area contributed by atoms with Gasteiger partial charge in [-0.2, -0.15) is 16.3 Å². The van der Waals surface area contributed by atoms with Crippen LogP contribution in [0.15, 0.2) is 45.6 Å². The molecule has 0 saturated carbocycles. The third-order valence-electron chi connectivity index (χ3n) is 3.18. The van der Waals surface area contributed by atoms with E-state index in [0.717, 1.165) is 16.1 Å². The van der Waals surface area contributed by atoms with Crippen LogP contribution in [0.2, 0.25) is 5.02 Å². The van der Waals surface area contributed by atoms with Gasteiger partial charge < -0.3 is 9.84 Å². The highest BCUT2D eigenvalue weighted by Gasteiger charge is 2.11. The zero-order valence-corrected chi connectivity index (χ0v) is 13.0. The molecule has 1 aromatic carbocycles. The van der Waals surface area contributed by atoms with Gasteiger partial charge in [0.15, 0.2) is 0 Å². The number of nitrogens with zero attached hydrogens (tertiary/aromatic N) is 2. The Bertz CT molecular complexity index is 694. The Kier molecular flexibility index (Phi) is 4.34. The summed E-state index contributed by atoms with van der Waals surface area (Å²) in [7, 11) is 0. The third-order valence-corrected chi connectivity index (χ3v) is 4.11. The number of thiophene rings is 1. The second-order valence-electron chi connectivity index (χ2n) is 4.68. The fourth-order valence-electron chi connectivity index (χ4n) is 1.95. The van der Waals surface area contributed by atoms with E-state index in [1.165, 1.54) is 0 Å². The first kappa shape index (κ1) is 14.3. The lowest BCUT2D eigenvalue weighted by Crippen LogP contribution is -2.18. The van der Waals surface area contributed by atoms with Crippen LogP contribution in [0.5, 0.6) is 0 Å². The highest BCUT2D eigenvalue weighted by atomic mass is 35.5. The Morgan fingerprint density at radius 3 is 2.81 bits per heavy atom. The zero-order chi connectivity index (χ0) is 14.7. The molecule has 1 N–H and O–H groups in total. The maximum atomic E-state index is 5.89. The van der Waals surface area contributed by atoms with E-state index in [1.807, 2.05) is 41.1 Å². The van der Waals surface area contributed by atoms with Gasteiger partial charge in [-0.05, 0) is 36.1 Å². The van der Waals surface area contributed by atoms with Crippen LogP contribution in [0.3, 0.4) is 0 Å². The minimum absolute atomic E-state index is 0.179.